The molecule has 1 atom stereocenters. The van der Waals surface area contributed by atoms with Gasteiger partial charge in [-0.25, -0.2) is 4.79 Å². The highest BCUT2D eigenvalue weighted by molar-refractivity contribution is 6.15. The molecule has 1 aromatic rings. The summed E-state index contributed by atoms with van der Waals surface area (Å²) < 4.78 is 0. The van der Waals surface area contributed by atoms with Crippen LogP contribution in [-0.4, -0.2) is 40.3 Å². The minimum atomic E-state index is -0.718. The van der Waals surface area contributed by atoms with Gasteiger partial charge in [0.1, 0.15) is 5.54 Å². The van der Waals surface area contributed by atoms with Crippen LogP contribution in [0.4, 0.5) is 4.79 Å². The number of urea groups is 1. The molecule has 2 saturated carbocycles. The molecule has 4 aliphatic rings. The summed E-state index contributed by atoms with van der Waals surface area (Å²) in [5.74, 6) is 0.462. The number of imide groups is 1. The first kappa shape index (κ1) is 16.7. The van der Waals surface area contributed by atoms with E-state index in [1.165, 1.54) is 16.9 Å². The molecule has 0 bridgehead atoms. The Morgan fingerprint density at radius 3 is 2.70 bits per heavy atom. The Hall–Kier alpha value is -2.50. The molecule has 1 spiro atoms. The maximum absolute atomic E-state index is 13.1. The lowest BCUT2D eigenvalue weighted by Crippen LogP contribution is -2.56. The predicted octanol–water partition coefficient (Wildman–Crippen LogP) is 3.25. The number of hydrogen-bond donors (Lipinski definition) is 1. The van der Waals surface area contributed by atoms with E-state index in [2.05, 4.69) is 27.7 Å². The van der Waals surface area contributed by atoms with Gasteiger partial charge in [0.15, 0.2) is 0 Å². The average molecular weight is 364 g/mol. The fourth-order valence-corrected chi connectivity index (χ4v) is 4.99. The minimum absolute atomic E-state index is 0.0931. The Bertz CT molecular complexity index is 839. The van der Waals surface area contributed by atoms with Crippen molar-refractivity contribution < 1.29 is 9.59 Å². The van der Waals surface area contributed by atoms with Gasteiger partial charge < -0.3 is 5.32 Å². The first-order valence-corrected chi connectivity index (χ1v) is 9.98. The van der Waals surface area contributed by atoms with E-state index in [1.54, 1.807) is 0 Å². The molecule has 3 amide bonds. The van der Waals surface area contributed by atoms with E-state index >= 15 is 0 Å². The van der Waals surface area contributed by atoms with Gasteiger partial charge in [0.05, 0.1) is 12.3 Å². The van der Waals surface area contributed by atoms with Gasteiger partial charge in [-0.3, -0.25) is 9.69 Å². The number of amides is 3. The first-order chi connectivity index (χ1) is 13.2. The van der Waals surface area contributed by atoms with Crippen LogP contribution >= 0.6 is 0 Å². The van der Waals surface area contributed by atoms with Crippen LogP contribution in [0, 0.1) is 5.92 Å². The predicted molar refractivity (Wildman–Crippen MR) is 103 cm³/mol. The Kier molecular flexibility index (Phi) is 3.88. The van der Waals surface area contributed by atoms with Crippen LogP contribution in [-0.2, 0) is 4.79 Å². The van der Waals surface area contributed by atoms with Crippen LogP contribution in [0.25, 0.3) is 0 Å². The van der Waals surface area contributed by atoms with E-state index in [9.17, 15) is 9.59 Å². The topological polar surface area (TPSA) is 74.1 Å². The molecular formula is C21H24N4O2. The second-order valence-electron chi connectivity index (χ2n) is 8.25. The second-order valence-corrected chi connectivity index (χ2v) is 8.25. The number of nitrogens with one attached hydrogen (secondary N) is 1. The van der Waals surface area contributed by atoms with Crippen LogP contribution in [0.15, 0.2) is 40.5 Å². The zero-order valence-electron chi connectivity index (χ0n) is 15.4. The molecule has 140 valence electrons. The summed E-state index contributed by atoms with van der Waals surface area (Å²) in [6, 6.07) is 9.93. The van der Waals surface area contributed by atoms with Gasteiger partial charge in [-0.15, -0.1) is 0 Å². The second kappa shape index (κ2) is 6.29. The average Bonchev–Trinajstić information content (AvgIpc) is 3.03. The van der Waals surface area contributed by atoms with E-state index in [-0.39, 0.29) is 24.4 Å². The fraction of sp³-hybridized carbons (Fsp3) is 0.524. The fourth-order valence-electron chi connectivity index (χ4n) is 4.99. The highest BCUT2D eigenvalue weighted by atomic mass is 16.2. The minimum Gasteiger partial charge on any atom is -0.323 e. The van der Waals surface area contributed by atoms with Crippen LogP contribution in [0.5, 0.6) is 0 Å². The summed E-state index contributed by atoms with van der Waals surface area (Å²) in [6.45, 7) is 0.278. The van der Waals surface area contributed by atoms with Crippen molar-refractivity contribution in [3.8, 4) is 0 Å². The molecule has 1 saturated heterocycles. The standard InChI is InChI=1S/C21H24N4O2/c26-19-21(11-15(12-21)14-7-3-1-4-8-14)22-20(27)25(19)13-18-16-9-5-2-6-10-17(16)23-24-18/h1,3-4,7-8,15-16H,2,5-6,9-13H2,(H,22,27). The molecule has 5 rings (SSSR count). The van der Waals surface area contributed by atoms with Crippen LogP contribution in [0.2, 0.25) is 0 Å². The van der Waals surface area contributed by atoms with Gasteiger partial charge in [-0.05, 0) is 43.6 Å². The Morgan fingerprint density at radius 2 is 1.89 bits per heavy atom. The molecular weight excluding hydrogens is 340 g/mol. The van der Waals surface area contributed by atoms with Crippen molar-refractivity contribution in [1.29, 1.82) is 0 Å². The summed E-state index contributed by atoms with van der Waals surface area (Å²) in [5.41, 5.74) is 2.54. The van der Waals surface area contributed by atoms with Crippen LogP contribution in [0.3, 0.4) is 0 Å². The number of carbonyl (C=O) groups excluding carboxylic acids is 2. The molecule has 0 aromatic heterocycles. The van der Waals surface area contributed by atoms with Gasteiger partial charge in [-0.1, -0.05) is 43.2 Å². The van der Waals surface area contributed by atoms with E-state index in [0.29, 0.717) is 18.8 Å². The number of fused-ring (bicyclic) bond motifs is 1. The zero-order valence-corrected chi connectivity index (χ0v) is 15.4. The molecule has 2 aliphatic carbocycles. The third-order valence-electron chi connectivity index (χ3n) is 6.56. The summed E-state index contributed by atoms with van der Waals surface area (Å²) in [5, 5.41) is 11.7. The Morgan fingerprint density at radius 1 is 1.07 bits per heavy atom. The lowest BCUT2D eigenvalue weighted by atomic mass is 9.65. The highest BCUT2D eigenvalue weighted by Crippen LogP contribution is 2.47. The highest BCUT2D eigenvalue weighted by Gasteiger charge is 2.59. The van der Waals surface area contributed by atoms with Crippen molar-refractivity contribution in [3.63, 3.8) is 0 Å². The smallest absolute Gasteiger partial charge is 0.323 e. The van der Waals surface area contributed by atoms with Gasteiger partial charge >= 0.3 is 6.03 Å². The summed E-state index contributed by atoms with van der Waals surface area (Å²) in [6.07, 6.45) is 6.90. The molecule has 6 heteroatoms. The molecule has 27 heavy (non-hydrogen) atoms. The maximum Gasteiger partial charge on any atom is 0.325 e. The van der Waals surface area contributed by atoms with Gasteiger partial charge in [0, 0.05) is 11.6 Å². The molecule has 2 aliphatic heterocycles. The maximum atomic E-state index is 13.1. The number of carbonyl (C=O) groups is 2. The van der Waals surface area contributed by atoms with Crippen molar-refractivity contribution in [2.75, 3.05) is 6.54 Å². The van der Waals surface area contributed by atoms with E-state index in [1.807, 2.05) is 18.2 Å². The van der Waals surface area contributed by atoms with E-state index in [0.717, 1.165) is 37.1 Å². The number of rotatable bonds is 3. The summed E-state index contributed by atoms with van der Waals surface area (Å²) in [7, 11) is 0. The molecule has 0 radical (unpaired) electrons. The van der Waals surface area contributed by atoms with Crippen LogP contribution < -0.4 is 5.32 Å². The van der Waals surface area contributed by atoms with Gasteiger partial charge in [0.25, 0.3) is 5.91 Å². The normalized spacial score (nSPS) is 32.5. The van der Waals surface area contributed by atoms with Crippen molar-refractivity contribution >= 4 is 23.4 Å². The lowest BCUT2D eigenvalue weighted by molar-refractivity contribution is -0.134. The third-order valence-corrected chi connectivity index (χ3v) is 6.56. The molecule has 1 N–H and O–H groups in total. The number of hydrogen-bond acceptors (Lipinski definition) is 4. The van der Waals surface area contributed by atoms with Crippen molar-refractivity contribution in [2.24, 2.45) is 16.1 Å². The van der Waals surface area contributed by atoms with Crippen LogP contribution in [0.1, 0.15) is 56.4 Å². The largest absolute Gasteiger partial charge is 0.325 e. The quantitative estimate of drug-likeness (QED) is 0.836. The third kappa shape index (κ3) is 2.69. The SMILES string of the molecule is O=C1NC2(CC(c3ccccc3)C2)C(=O)N1CC1=NN=C2CCCCCC21. The molecule has 6 nitrogen and oxygen atoms in total. The van der Waals surface area contributed by atoms with Crippen molar-refractivity contribution in [3.05, 3.63) is 35.9 Å². The van der Waals surface area contributed by atoms with Crippen molar-refractivity contribution in [1.82, 2.24) is 10.2 Å². The Balaban J connectivity index is 1.27. The number of benzene rings is 1. The van der Waals surface area contributed by atoms with Crippen molar-refractivity contribution in [2.45, 2.75) is 56.4 Å². The first-order valence-electron chi connectivity index (χ1n) is 9.98. The zero-order chi connectivity index (χ0) is 18.4. The molecule has 2 heterocycles. The molecule has 3 fully saturated rings. The van der Waals surface area contributed by atoms with Gasteiger partial charge in [0.2, 0.25) is 0 Å². The number of nitrogens with zero attached hydrogens (tertiary/aromatic N) is 3. The summed E-state index contributed by atoms with van der Waals surface area (Å²) in [4.78, 5) is 27.0. The monoisotopic (exact) mass is 364 g/mol. The Labute approximate surface area is 158 Å². The van der Waals surface area contributed by atoms with E-state index < -0.39 is 5.54 Å². The summed E-state index contributed by atoms with van der Waals surface area (Å²) >= 11 is 0. The molecule has 1 aromatic carbocycles. The van der Waals surface area contributed by atoms with E-state index in [4.69, 9.17) is 0 Å². The lowest BCUT2D eigenvalue weighted by Gasteiger charge is -2.43. The van der Waals surface area contributed by atoms with Gasteiger partial charge in [-0.2, -0.15) is 10.2 Å². The molecule has 1 unspecified atom stereocenters.